The van der Waals surface area contributed by atoms with Crippen molar-refractivity contribution in [3.63, 3.8) is 0 Å². The summed E-state index contributed by atoms with van der Waals surface area (Å²) in [7, 11) is 3.61. The van der Waals surface area contributed by atoms with Gasteiger partial charge >= 0.3 is 5.97 Å². The smallest absolute Gasteiger partial charge is 0.317 e. The quantitative estimate of drug-likeness (QED) is 0.790. The zero-order valence-electron chi connectivity index (χ0n) is 14.3. The number of amides is 1. The van der Waals surface area contributed by atoms with Gasteiger partial charge in [-0.15, -0.1) is 0 Å². The first kappa shape index (κ1) is 18.2. The fourth-order valence-corrected chi connectivity index (χ4v) is 2.91. The standard InChI is InChI=1S/C17H24FN3O3/c1-4-21(10-16(22)23)13-7-11(8-13)19-17(24)14-6-5-12(20(2)3)9-15(14)18/h5-6,9,11,13H,4,7-8,10H2,1-3H3,(H,19,24)(H,22,23). The van der Waals surface area contributed by atoms with Gasteiger partial charge in [-0.05, 0) is 37.6 Å². The summed E-state index contributed by atoms with van der Waals surface area (Å²) in [6.07, 6.45) is 1.37. The lowest BCUT2D eigenvalue weighted by molar-refractivity contribution is -0.139. The van der Waals surface area contributed by atoms with E-state index in [0.717, 1.165) is 0 Å². The van der Waals surface area contributed by atoms with Gasteiger partial charge in [0.1, 0.15) is 5.82 Å². The van der Waals surface area contributed by atoms with Gasteiger partial charge < -0.3 is 15.3 Å². The van der Waals surface area contributed by atoms with E-state index in [0.29, 0.717) is 25.1 Å². The van der Waals surface area contributed by atoms with Crippen molar-refractivity contribution in [3.8, 4) is 0 Å². The summed E-state index contributed by atoms with van der Waals surface area (Å²) in [6, 6.07) is 4.63. The molecule has 6 nitrogen and oxygen atoms in total. The highest BCUT2D eigenvalue weighted by Gasteiger charge is 2.35. The summed E-state index contributed by atoms with van der Waals surface area (Å²) in [5, 5.41) is 11.7. The van der Waals surface area contributed by atoms with Crippen LogP contribution in [-0.2, 0) is 4.79 Å². The number of likely N-dealkylation sites (N-methyl/N-ethyl adjacent to an activating group) is 1. The van der Waals surface area contributed by atoms with Crippen LogP contribution in [0.15, 0.2) is 18.2 Å². The first-order valence-corrected chi connectivity index (χ1v) is 8.05. The minimum Gasteiger partial charge on any atom is -0.480 e. The van der Waals surface area contributed by atoms with Crippen LogP contribution in [0, 0.1) is 5.82 Å². The molecule has 1 amide bonds. The number of anilines is 1. The molecule has 0 atom stereocenters. The number of carbonyl (C=O) groups excluding carboxylic acids is 1. The molecule has 0 radical (unpaired) electrons. The normalized spacial score (nSPS) is 19.7. The monoisotopic (exact) mass is 337 g/mol. The molecule has 0 bridgehead atoms. The van der Waals surface area contributed by atoms with Crippen LogP contribution in [0.3, 0.4) is 0 Å². The number of nitrogens with zero attached hydrogens (tertiary/aromatic N) is 2. The highest BCUT2D eigenvalue weighted by molar-refractivity contribution is 5.95. The van der Waals surface area contributed by atoms with Crippen molar-refractivity contribution in [2.45, 2.75) is 31.8 Å². The van der Waals surface area contributed by atoms with Crippen LogP contribution in [0.2, 0.25) is 0 Å². The Hall–Kier alpha value is -2.15. The summed E-state index contributed by atoms with van der Waals surface area (Å²) < 4.78 is 14.1. The van der Waals surface area contributed by atoms with E-state index in [2.05, 4.69) is 5.32 Å². The predicted octanol–water partition coefficient (Wildman–Crippen LogP) is 1.56. The number of carboxylic acids is 1. The lowest BCUT2D eigenvalue weighted by Crippen LogP contribution is -2.54. The average molecular weight is 337 g/mol. The van der Waals surface area contributed by atoms with E-state index in [1.165, 1.54) is 12.1 Å². The van der Waals surface area contributed by atoms with Gasteiger partial charge in [0.15, 0.2) is 0 Å². The molecule has 7 heteroatoms. The van der Waals surface area contributed by atoms with E-state index >= 15 is 0 Å². The predicted molar refractivity (Wildman–Crippen MR) is 89.9 cm³/mol. The second-order valence-corrected chi connectivity index (χ2v) is 6.31. The van der Waals surface area contributed by atoms with Crippen LogP contribution in [0.4, 0.5) is 10.1 Å². The molecule has 0 heterocycles. The molecular weight excluding hydrogens is 313 g/mol. The molecule has 0 aliphatic heterocycles. The van der Waals surface area contributed by atoms with Crippen LogP contribution in [0.25, 0.3) is 0 Å². The van der Waals surface area contributed by atoms with E-state index in [1.807, 2.05) is 11.8 Å². The average Bonchev–Trinajstić information content (AvgIpc) is 2.47. The first-order chi connectivity index (χ1) is 11.3. The number of aliphatic carboxylic acids is 1. The second-order valence-electron chi connectivity index (χ2n) is 6.31. The third kappa shape index (κ3) is 4.23. The molecule has 1 aromatic rings. The number of halogens is 1. The summed E-state index contributed by atoms with van der Waals surface area (Å²) in [5.74, 6) is -1.83. The fourth-order valence-electron chi connectivity index (χ4n) is 2.91. The number of rotatable bonds is 7. The molecule has 1 aliphatic carbocycles. The molecule has 1 fully saturated rings. The van der Waals surface area contributed by atoms with Gasteiger partial charge in [0.25, 0.3) is 5.91 Å². The lowest BCUT2D eigenvalue weighted by atomic mass is 9.85. The van der Waals surface area contributed by atoms with Crippen LogP contribution in [0.1, 0.15) is 30.1 Å². The lowest BCUT2D eigenvalue weighted by Gasteiger charge is -2.42. The fraction of sp³-hybridized carbons (Fsp3) is 0.529. The van der Waals surface area contributed by atoms with Crippen molar-refractivity contribution in [3.05, 3.63) is 29.6 Å². The SMILES string of the molecule is CCN(CC(=O)O)C1CC(NC(=O)c2ccc(N(C)C)cc2F)C1. The van der Waals surface area contributed by atoms with Crippen molar-refractivity contribution in [2.75, 3.05) is 32.1 Å². The van der Waals surface area contributed by atoms with Gasteiger partial charge in [-0.25, -0.2) is 4.39 Å². The largest absolute Gasteiger partial charge is 0.480 e. The molecule has 2 N–H and O–H groups in total. The molecule has 0 aromatic heterocycles. The molecule has 0 saturated heterocycles. The van der Waals surface area contributed by atoms with Crippen molar-refractivity contribution in [1.82, 2.24) is 10.2 Å². The van der Waals surface area contributed by atoms with Crippen LogP contribution >= 0.6 is 0 Å². The number of benzene rings is 1. The van der Waals surface area contributed by atoms with Gasteiger partial charge in [0.2, 0.25) is 0 Å². The molecule has 1 aliphatic rings. The Bertz CT molecular complexity index is 615. The maximum absolute atomic E-state index is 14.1. The molecule has 2 rings (SSSR count). The highest BCUT2D eigenvalue weighted by atomic mass is 19.1. The Morgan fingerprint density at radius 1 is 1.33 bits per heavy atom. The summed E-state index contributed by atoms with van der Waals surface area (Å²) in [6.45, 7) is 2.57. The van der Waals surface area contributed by atoms with Crippen molar-refractivity contribution in [2.24, 2.45) is 0 Å². The van der Waals surface area contributed by atoms with Crippen molar-refractivity contribution in [1.29, 1.82) is 0 Å². The Balaban J connectivity index is 1.90. The zero-order chi connectivity index (χ0) is 17.9. The van der Waals surface area contributed by atoms with Gasteiger partial charge in [0, 0.05) is 31.9 Å². The van der Waals surface area contributed by atoms with E-state index in [1.54, 1.807) is 25.1 Å². The first-order valence-electron chi connectivity index (χ1n) is 8.05. The number of hydrogen-bond acceptors (Lipinski definition) is 4. The topological polar surface area (TPSA) is 72.9 Å². The van der Waals surface area contributed by atoms with E-state index < -0.39 is 17.7 Å². The van der Waals surface area contributed by atoms with Crippen LogP contribution in [0.5, 0.6) is 0 Å². The maximum atomic E-state index is 14.1. The summed E-state index contributed by atoms with van der Waals surface area (Å²) in [4.78, 5) is 26.7. The highest BCUT2D eigenvalue weighted by Crippen LogP contribution is 2.26. The Kier molecular flexibility index (Phi) is 5.77. The number of hydrogen-bond donors (Lipinski definition) is 2. The Labute approximate surface area is 141 Å². The van der Waals surface area contributed by atoms with E-state index in [4.69, 9.17) is 5.11 Å². The molecular formula is C17H24FN3O3. The molecule has 1 aromatic carbocycles. The number of carbonyl (C=O) groups is 2. The van der Waals surface area contributed by atoms with E-state index in [9.17, 15) is 14.0 Å². The third-order valence-corrected chi connectivity index (χ3v) is 4.42. The third-order valence-electron chi connectivity index (χ3n) is 4.42. The minimum absolute atomic E-state index is 0.00244. The molecule has 0 unspecified atom stereocenters. The minimum atomic E-state index is -0.854. The van der Waals surface area contributed by atoms with Gasteiger partial charge in [-0.1, -0.05) is 6.92 Å². The Morgan fingerprint density at radius 2 is 2.00 bits per heavy atom. The van der Waals surface area contributed by atoms with Crippen LogP contribution in [-0.4, -0.2) is 61.2 Å². The number of nitrogens with one attached hydrogen (secondary N) is 1. The van der Waals surface area contributed by atoms with E-state index in [-0.39, 0.29) is 24.2 Å². The van der Waals surface area contributed by atoms with Gasteiger partial charge in [-0.2, -0.15) is 0 Å². The molecule has 24 heavy (non-hydrogen) atoms. The summed E-state index contributed by atoms with van der Waals surface area (Å²) >= 11 is 0. The number of carboxylic acid groups (broad SMARTS) is 1. The van der Waals surface area contributed by atoms with Gasteiger partial charge in [-0.3, -0.25) is 14.5 Å². The van der Waals surface area contributed by atoms with Gasteiger partial charge in [0.05, 0.1) is 12.1 Å². The zero-order valence-corrected chi connectivity index (χ0v) is 14.3. The maximum Gasteiger partial charge on any atom is 0.317 e. The summed E-state index contributed by atoms with van der Waals surface area (Å²) in [5.41, 5.74) is 0.724. The van der Waals surface area contributed by atoms with Crippen LogP contribution < -0.4 is 10.2 Å². The molecule has 1 saturated carbocycles. The second kappa shape index (κ2) is 7.61. The van der Waals surface area contributed by atoms with Crippen molar-refractivity contribution >= 4 is 17.6 Å². The van der Waals surface area contributed by atoms with Crippen molar-refractivity contribution < 1.29 is 19.1 Å². The Morgan fingerprint density at radius 3 is 2.50 bits per heavy atom. The molecule has 132 valence electrons. The molecule has 0 spiro atoms.